The van der Waals surface area contributed by atoms with E-state index in [4.69, 9.17) is 4.74 Å². The van der Waals surface area contributed by atoms with Crippen LogP contribution in [-0.2, 0) is 9.59 Å². The second-order valence-electron chi connectivity index (χ2n) is 4.51. The maximum atomic E-state index is 11.5. The molecule has 1 unspecified atom stereocenters. The fourth-order valence-corrected chi connectivity index (χ4v) is 1.86. The number of carbonyl (C=O) groups excluding carboxylic acids is 2. The van der Waals surface area contributed by atoms with E-state index in [1.165, 1.54) is 18.2 Å². The molecule has 1 aliphatic rings. The van der Waals surface area contributed by atoms with Crippen molar-refractivity contribution >= 4 is 23.7 Å². The van der Waals surface area contributed by atoms with Gasteiger partial charge < -0.3 is 15.2 Å². The first kappa shape index (κ1) is 16.1. The first-order valence-electron chi connectivity index (χ1n) is 6.63. The quantitative estimate of drug-likeness (QED) is 0.461. The van der Waals surface area contributed by atoms with Crippen LogP contribution in [0.2, 0.25) is 0 Å². The molecule has 1 aliphatic heterocycles. The minimum Gasteiger partial charge on any atom is -0.504 e. The minimum absolute atomic E-state index is 0.0173. The third-order valence-electron chi connectivity index (χ3n) is 2.89. The monoisotopic (exact) mass is 319 g/mol. The van der Waals surface area contributed by atoms with Gasteiger partial charge in [0.05, 0.1) is 6.61 Å². The smallest absolute Gasteiger partial charge is 0.368 e. The Hall–Kier alpha value is -3.23. The first-order chi connectivity index (χ1) is 10.9. The highest BCUT2D eigenvalue weighted by Gasteiger charge is 2.41. The lowest BCUT2D eigenvalue weighted by Gasteiger charge is -2.12. The summed E-state index contributed by atoms with van der Waals surface area (Å²) in [7, 11) is 0. The number of nitrogens with zero attached hydrogens (tertiary/aromatic N) is 2. The SMILES string of the molecule is CCOc1cc(C=CC2=NC(=O)C([N+](=O)[O-])C(=O)N2)ccc1O. The molecular weight excluding hydrogens is 306 g/mol. The summed E-state index contributed by atoms with van der Waals surface area (Å²) in [4.78, 5) is 36.0. The normalized spacial score (nSPS) is 17.8. The van der Waals surface area contributed by atoms with Crippen molar-refractivity contribution in [3.63, 3.8) is 0 Å². The topological polar surface area (TPSA) is 131 Å². The molecule has 23 heavy (non-hydrogen) atoms. The van der Waals surface area contributed by atoms with Crippen molar-refractivity contribution in [3.8, 4) is 11.5 Å². The second-order valence-corrected chi connectivity index (χ2v) is 4.51. The third kappa shape index (κ3) is 3.70. The second kappa shape index (κ2) is 6.69. The Labute approximate surface area is 130 Å². The summed E-state index contributed by atoms with van der Waals surface area (Å²) in [5, 5.41) is 22.4. The standard InChI is InChI=1S/C14H13N3O6/c1-2-23-10-7-8(3-5-9(10)18)4-6-11-15-13(19)12(17(21)22)14(20)16-11/h3-7,12,18H,2H2,1H3,(H,15,16,19,20). The molecule has 2 N–H and O–H groups in total. The maximum Gasteiger partial charge on any atom is 0.368 e. The van der Waals surface area contributed by atoms with E-state index in [-0.39, 0.29) is 17.3 Å². The number of aliphatic imine (C=N–C) groups is 1. The van der Waals surface area contributed by atoms with E-state index in [1.807, 2.05) is 0 Å². The molecular formula is C14H13N3O6. The summed E-state index contributed by atoms with van der Waals surface area (Å²) in [6.07, 6.45) is 2.84. The van der Waals surface area contributed by atoms with Crippen LogP contribution in [0.4, 0.5) is 0 Å². The molecule has 120 valence electrons. The average Bonchev–Trinajstić information content (AvgIpc) is 2.47. The van der Waals surface area contributed by atoms with Crippen LogP contribution in [0.15, 0.2) is 29.3 Å². The molecule has 0 aliphatic carbocycles. The van der Waals surface area contributed by atoms with E-state index in [9.17, 15) is 24.8 Å². The van der Waals surface area contributed by atoms with Crippen LogP contribution >= 0.6 is 0 Å². The van der Waals surface area contributed by atoms with Crippen molar-refractivity contribution in [2.75, 3.05) is 6.61 Å². The predicted octanol–water partition coefficient (Wildman–Crippen LogP) is 0.504. The average molecular weight is 319 g/mol. The van der Waals surface area contributed by atoms with E-state index in [1.54, 1.807) is 19.1 Å². The van der Waals surface area contributed by atoms with Gasteiger partial charge in [0, 0.05) is 4.92 Å². The van der Waals surface area contributed by atoms with Crippen molar-refractivity contribution in [1.82, 2.24) is 5.32 Å². The van der Waals surface area contributed by atoms with Crippen LogP contribution in [0.1, 0.15) is 12.5 Å². The van der Waals surface area contributed by atoms with Crippen molar-refractivity contribution in [2.24, 2.45) is 4.99 Å². The van der Waals surface area contributed by atoms with Crippen molar-refractivity contribution in [1.29, 1.82) is 0 Å². The number of amidine groups is 1. The lowest BCUT2D eigenvalue weighted by Crippen LogP contribution is -2.50. The molecule has 9 nitrogen and oxygen atoms in total. The number of nitro groups is 1. The Bertz CT molecular complexity index is 725. The highest BCUT2D eigenvalue weighted by molar-refractivity contribution is 6.21. The van der Waals surface area contributed by atoms with Gasteiger partial charge in [0.25, 0.3) is 0 Å². The van der Waals surface area contributed by atoms with Gasteiger partial charge in [-0.15, -0.1) is 0 Å². The molecule has 0 radical (unpaired) electrons. The Kier molecular flexibility index (Phi) is 4.69. The Morgan fingerprint density at radius 3 is 2.78 bits per heavy atom. The fraction of sp³-hybridized carbons (Fsp3) is 0.214. The van der Waals surface area contributed by atoms with E-state index in [2.05, 4.69) is 10.3 Å². The molecule has 0 bridgehead atoms. The van der Waals surface area contributed by atoms with Crippen LogP contribution in [-0.4, -0.2) is 40.3 Å². The van der Waals surface area contributed by atoms with Crippen LogP contribution in [0, 0.1) is 10.1 Å². The molecule has 0 saturated carbocycles. The maximum absolute atomic E-state index is 11.5. The number of carbonyl (C=O) groups is 2. The van der Waals surface area contributed by atoms with Gasteiger partial charge in [-0.1, -0.05) is 12.1 Å². The summed E-state index contributed by atoms with van der Waals surface area (Å²) in [6, 6.07) is 2.56. The number of hydrogen-bond donors (Lipinski definition) is 2. The molecule has 0 fully saturated rings. The highest BCUT2D eigenvalue weighted by atomic mass is 16.6. The number of benzene rings is 1. The van der Waals surface area contributed by atoms with Gasteiger partial charge in [-0.2, -0.15) is 4.99 Å². The number of aromatic hydroxyl groups is 1. The summed E-state index contributed by atoms with van der Waals surface area (Å²) in [5.41, 5.74) is 0.618. The zero-order valence-electron chi connectivity index (χ0n) is 12.1. The number of phenols is 1. The van der Waals surface area contributed by atoms with E-state index < -0.39 is 22.8 Å². The number of phenolic OH excluding ortho intramolecular Hbond substituents is 1. The summed E-state index contributed by atoms with van der Waals surface area (Å²) < 4.78 is 5.23. The molecule has 1 atom stereocenters. The van der Waals surface area contributed by atoms with Crippen LogP contribution < -0.4 is 10.1 Å². The molecule has 1 aromatic rings. The Morgan fingerprint density at radius 2 is 2.17 bits per heavy atom. The van der Waals surface area contributed by atoms with Crippen molar-refractivity contribution in [2.45, 2.75) is 13.0 Å². The van der Waals surface area contributed by atoms with Crippen molar-refractivity contribution in [3.05, 3.63) is 40.0 Å². The van der Waals surface area contributed by atoms with Gasteiger partial charge in [0.2, 0.25) is 0 Å². The molecule has 2 amide bonds. The summed E-state index contributed by atoms with van der Waals surface area (Å²) in [5.74, 6) is -1.98. The largest absolute Gasteiger partial charge is 0.504 e. The lowest BCUT2D eigenvalue weighted by molar-refractivity contribution is -0.493. The molecule has 1 heterocycles. The van der Waals surface area contributed by atoms with Crippen molar-refractivity contribution < 1.29 is 24.4 Å². The predicted molar refractivity (Wildman–Crippen MR) is 79.7 cm³/mol. The summed E-state index contributed by atoms with van der Waals surface area (Å²) >= 11 is 0. The van der Waals surface area contributed by atoms with E-state index in [0.717, 1.165) is 0 Å². The number of amides is 2. The van der Waals surface area contributed by atoms with Gasteiger partial charge in [0.15, 0.2) is 11.5 Å². The van der Waals surface area contributed by atoms with Gasteiger partial charge in [-0.3, -0.25) is 19.7 Å². The van der Waals surface area contributed by atoms with E-state index >= 15 is 0 Å². The van der Waals surface area contributed by atoms with Crippen LogP contribution in [0.25, 0.3) is 6.08 Å². The Morgan fingerprint density at radius 1 is 1.43 bits per heavy atom. The highest BCUT2D eigenvalue weighted by Crippen LogP contribution is 2.27. The van der Waals surface area contributed by atoms with Gasteiger partial charge in [-0.05, 0) is 30.7 Å². The number of hydrogen-bond acceptors (Lipinski definition) is 6. The molecule has 2 rings (SSSR count). The molecule has 0 aromatic heterocycles. The zero-order chi connectivity index (χ0) is 17.0. The molecule has 0 spiro atoms. The molecule has 1 aromatic carbocycles. The zero-order valence-corrected chi connectivity index (χ0v) is 12.1. The van der Waals surface area contributed by atoms with Gasteiger partial charge in [-0.25, -0.2) is 0 Å². The fourth-order valence-electron chi connectivity index (χ4n) is 1.86. The molecule has 0 saturated heterocycles. The Balaban J connectivity index is 2.19. The van der Waals surface area contributed by atoms with Crippen LogP contribution in [0.5, 0.6) is 11.5 Å². The van der Waals surface area contributed by atoms with Gasteiger partial charge in [0.1, 0.15) is 5.84 Å². The number of rotatable bonds is 5. The number of nitrogens with one attached hydrogen (secondary N) is 1. The third-order valence-corrected chi connectivity index (χ3v) is 2.89. The van der Waals surface area contributed by atoms with E-state index in [0.29, 0.717) is 12.2 Å². The van der Waals surface area contributed by atoms with Crippen LogP contribution in [0.3, 0.4) is 0 Å². The molecule has 9 heteroatoms. The lowest BCUT2D eigenvalue weighted by atomic mass is 10.1. The minimum atomic E-state index is -2.01. The first-order valence-corrected chi connectivity index (χ1v) is 6.63. The van der Waals surface area contributed by atoms with Gasteiger partial charge >= 0.3 is 17.9 Å². The summed E-state index contributed by atoms with van der Waals surface area (Å²) in [6.45, 7) is 2.14. The number of ether oxygens (including phenoxy) is 1.